The van der Waals surface area contributed by atoms with Crippen molar-refractivity contribution >= 4 is 5.91 Å². The Balaban J connectivity index is 1.44. The summed E-state index contributed by atoms with van der Waals surface area (Å²) in [5.41, 5.74) is 2.34. The molecule has 0 bridgehead atoms. The fourth-order valence-electron chi connectivity index (χ4n) is 2.98. The average Bonchev–Trinajstić information content (AvgIpc) is 3.26. The van der Waals surface area contributed by atoms with Crippen molar-refractivity contribution in [3.63, 3.8) is 0 Å². The maximum atomic E-state index is 12.0. The maximum Gasteiger partial charge on any atom is 0.271 e. The fourth-order valence-corrected chi connectivity index (χ4v) is 2.98. The molecule has 24 heavy (non-hydrogen) atoms. The number of hydrogen-bond acceptors (Lipinski definition) is 5. The number of likely N-dealkylation sites (tertiary alicyclic amines) is 1. The molecule has 1 unspecified atom stereocenters. The summed E-state index contributed by atoms with van der Waals surface area (Å²) < 4.78 is 5.41. The predicted molar refractivity (Wildman–Crippen MR) is 89.6 cm³/mol. The van der Waals surface area contributed by atoms with Gasteiger partial charge in [-0.1, -0.05) is 19.0 Å². The van der Waals surface area contributed by atoms with Crippen LogP contribution in [0.4, 0.5) is 0 Å². The van der Waals surface area contributed by atoms with Crippen LogP contribution in [-0.4, -0.2) is 45.8 Å². The smallest absolute Gasteiger partial charge is 0.271 e. The van der Waals surface area contributed by atoms with Gasteiger partial charge in [-0.15, -0.1) is 0 Å². The summed E-state index contributed by atoms with van der Waals surface area (Å²) in [4.78, 5) is 14.4. The third kappa shape index (κ3) is 4.03. The molecule has 0 aromatic carbocycles. The second-order valence-electron chi connectivity index (χ2n) is 6.91. The van der Waals surface area contributed by atoms with Gasteiger partial charge in [0.25, 0.3) is 5.91 Å². The van der Waals surface area contributed by atoms with E-state index in [4.69, 9.17) is 4.52 Å². The molecule has 3 rings (SSSR count). The Labute approximate surface area is 141 Å². The van der Waals surface area contributed by atoms with Gasteiger partial charge in [-0.2, -0.15) is 5.10 Å². The topological polar surface area (TPSA) is 87.1 Å². The molecule has 1 aliphatic heterocycles. The van der Waals surface area contributed by atoms with E-state index in [1.54, 1.807) is 6.07 Å². The standard InChI is InChI=1S/C17H25N5O2/c1-11(2)15-7-14(24-21-15)10-22-5-4-13(9-22)8-18-17(23)16-6-12(3)19-20-16/h6-7,11,13H,4-5,8-10H2,1-3H3,(H,18,23)(H,19,20). The monoisotopic (exact) mass is 331 g/mol. The molecule has 2 aromatic rings. The number of carbonyl (C=O) groups is 1. The summed E-state index contributed by atoms with van der Waals surface area (Å²) in [5.74, 6) is 1.64. The number of aromatic nitrogens is 3. The summed E-state index contributed by atoms with van der Waals surface area (Å²) in [6, 6.07) is 3.80. The van der Waals surface area contributed by atoms with Gasteiger partial charge in [-0.3, -0.25) is 14.8 Å². The minimum absolute atomic E-state index is 0.116. The largest absolute Gasteiger partial charge is 0.360 e. The van der Waals surface area contributed by atoms with Crippen LogP contribution in [0.3, 0.4) is 0 Å². The van der Waals surface area contributed by atoms with Crippen molar-refractivity contribution in [1.29, 1.82) is 0 Å². The minimum Gasteiger partial charge on any atom is -0.360 e. The number of H-pyrrole nitrogens is 1. The molecule has 3 heterocycles. The fraction of sp³-hybridized carbons (Fsp3) is 0.588. The molecule has 1 fully saturated rings. The van der Waals surface area contributed by atoms with E-state index in [0.29, 0.717) is 24.1 Å². The van der Waals surface area contributed by atoms with Crippen LogP contribution in [0.25, 0.3) is 0 Å². The molecular formula is C17H25N5O2. The van der Waals surface area contributed by atoms with E-state index in [9.17, 15) is 4.79 Å². The number of carbonyl (C=O) groups excluding carboxylic acids is 1. The molecule has 7 nitrogen and oxygen atoms in total. The summed E-state index contributed by atoms with van der Waals surface area (Å²) in [6.45, 7) is 9.52. The highest BCUT2D eigenvalue weighted by Crippen LogP contribution is 2.20. The van der Waals surface area contributed by atoms with Crippen molar-refractivity contribution in [2.45, 2.75) is 39.7 Å². The number of nitrogens with one attached hydrogen (secondary N) is 2. The predicted octanol–water partition coefficient (Wildman–Crippen LogP) is 2.08. The number of aromatic amines is 1. The second kappa shape index (κ2) is 7.17. The SMILES string of the molecule is Cc1cc(C(=O)NCC2CCN(Cc3cc(C(C)C)no3)C2)n[nH]1. The normalized spacial score (nSPS) is 18.4. The van der Waals surface area contributed by atoms with Gasteiger partial charge in [0, 0.05) is 24.8 Å². The summed E-state index contributed by atoms with van der Waals surface area (Å²) in [6.07, 6.45) is 1.07. The molecule has 2 N–H and O–H groups in total. The zero-order valence-corrected chi connectivity index (χ0v) is 14.5. The third-order valence-electron chi connectivity index (χ3n) is 4.41. The van der Waals surface area contributed by atoms with E-state index in [1.807, 2.05) is 13.0 Å². The summed E-state index contributed by atoms with van der Waals surface area (Å²) in [7, 11) is 0. The minimum atomic E-state index is -0.116. The lowest BCUT2D eigenvalue weighted by Gasteiger charge is -2.14. The van der Waals surface area contributed by atoms with Gasteiger partial charge in [-0.05, 0) is 37.8 Å². The Morgan fingerprint density at radius 1 is 1.50 bits per heavy atom. The van der Waals surface area contributed by atoms with Gasteiger partial charge in [0.2, 0.25) is 0 Å². The van der Waals surface area contributed by atoms with Crippen molar-refractivity contribution < 1.29 is 9.32 Å². The first kappa shape index (κ1) is 16.7. The van der Waals surface area contributed by atoms with Gasteiger partial charge >= 0.3 is 0 Å². The molecule has 7 heteroatoms. The Bertz CT molecular complexity index is 691. The van der Waals surface area contributed by atoms with E-state index in [2.05, 4.69) is 39.4 Å². The molecule has 0 radical (unpaired) electrons. The van der Waals surface area contributed by atoms with Crippen molar-refractivity contribution in [3.8, 4) is 0 Å². The Morgan fingerprint density at radius 2 is 2.33 bits per heavy atom. The van der Waals surface area contributed by atoms with Crippen molar-refractivity contribution in [2.24, 2.45) is 5.92 Å². The van der Waals surface area contributed by atoms with Gasteiger partial charge in [0.1, 0.15) is 5.69 Å². The number of aryl methyl sites for hydroxylation is 1. The van der Waals surface area contributed by atoms with E-state index < -0.39 is 0 Å². The highest BCUT2D eigenvalue weighted by atomic mass is 16.5. The molecule has 1 atom stereocenters. The lowest BCUT2D eigenvalue weighted by atomic mass is 10.1. The van der Waals surface area contributed by atoms with E-state index >= 15 is 0 Å². The van der Waals surface area contributed by atoms with Crippen LogP contribution in [0.1, 0.15) is 53.8 Å². The van der Waals surface area contributed by atoms with E-state index in [0.717, 1.165) is 43.2 Å². The van der Waals surface area contributed by atoms with Gasteiger partial charge in [0.15, 0.2) is 5.76 Å². The first-order valence-corrected chi connectivity index (χ1v) is 8.49. The first-order chi connectivity index (χ1) is 11.5. The van der Waals surface area contributed by atoms with Crippen LogP contribution in [0.5, 0.6) is 0 Å². The van der Waals surface area contributed by atoms with Crippen LogP contribution < -0.4 is 5.32 Å². The van der Waals surface area contributed by atoms with Crippen LogP contribution in [0.2, 0.25) is 0 Å². The lowest BCUT2D eigenvalue weighted by molar-refractivity contribution is 0.0942. The first-order valence-electron chi connectivity index (χ1n) is 8.49. The zero-order chi connectivity index (χ0) is 17.1. The molecule has 0 spiro atoms. The Hall–Kier alpha value is -2.15. The summed E-state index contributed by atoms with van der Waals surface area (Å²) in [5, 5.41) is 13.8. The average molecular weight is 331 g/mol. The molecule has 0 saturated carbocycles. The Kier molecular flexibility index (Phi) is 4.99. The maximum absolute atomic E-state index is 12.0. The van der Waals surface area contributed by atoms with Crippen molar-refractivity contribution in [1.82, 2.24) is 25.6 Å². The Morgan fingerprint density at radius 3 is 3.00 bits per heavy atom. The third-order valence-corrected chi connectivity index (χ3v) is 4.41. The summed E-state index contributed by atoms with van der Waals surface area (Å²) >= 11 is 0. The van der Waals surface area contributed by atoms with Crippen LogP contribution in [-0.2, 0) is 6.54 Å². The number of amides is 1. The molecular weight excluding hydrogens is 306 g/mol. The van der Waals surface area contributed by atoms with Gasteiger partial charge in [0.05, 0.1) is 12.2 Å². The molecule has 1 saturated heterocycles. The highest BCUT2D eigenvalue weighted by Gasteiger charge is 2.24. The molecule has 1 aliphatic rings. The van der Waals surface area contributed by atoms with Gasteiger partial charge < -0.3 is 9.84 Å². The van der Waals surface area contributed by atoms with E-state index in [-0.39, 0.29) is 5.91 Å². The lowest BCUT2D eigenvalue weighted by Crippen LogP contribution is -2.31. The van der Waals surface area contributed by atoms with Crippen molar-refractivity contribution in [2.75, 3.05) is 19.6 Å². The number of hydrogen-bond donors (Lipinski definition) is 2. The molecule has 2 aromatic heterocycles. The number of rotatable bonds is 6. The van der Waals surface area contributed by atoms with Crippen LogP contribution in [0.15, 0.2) is 16.7 Å². The highest BCUT2D eigenvalue weighted by molar-refractivity contribution is 5.92. The van der Waals surface area contributed by atoms with Crippen molar-refractivity contribution in [3.05, 3.63) is 35.0 Å². The quantitative estimate of drug-likeness (QED) is 0.846. The number of nitrogens with zero attached hydrogens (tertiary/aromatic N) is 3. The second-order valence-corrected chi connectivity index (χ2v) is 6.91. The van der Waals surface area contributed by atoms with Crippen LogP contribution >= 0.6 is 0 Å². The molecule has 1 amide bonds. The molecule has 130 valence electrons. The molecule has 0 aliphatic carbocycles. The van der Waals surface area contributed by atoms with Crippen LogP contribution in [0, 0.1) is 12.8 Å². The zero-order valence-electron chi connectivity index (χ0n) is 14.5. The van der Waals surface area contributed by atoms with E-state index in [1.165, 1.54) is 0 Å². The van der Waals surface area contributed by atoms with Gasteiger partial charge in [-0.25, -0.2) is 0 Å².